The minimum absolute atomic E-state index is 0.300. The molecule has 0 atom stereocenters. The lowest BCUT2D eigenvalue weighted by molar-refractivity contribution is 1.22. The molecule has 0 fully saturated rings. The van der Waals surface area contributed by atoms with Gasteiger partial charge < -0.3 is 10.7 Å². The third-order valence-corrected chi connectivity index (χ3v) is 1.87. The summed E-state index contributed by atoms with van der Waals surface area (Å²) in [6.07, 6.45) is 1.17. The molecule has 0 unspecified atom stereocenters. The number of aromatic amines is 1. The summed E-state index contributed by atoms with van der Waals surface area (Å²) in [5.74, 6) is 0. The van der Waals surface area contributed by atoms with E-state index in [1.807, 2.05) is 6.07 Å². The minimum Gasteiger partial charge on any atom is -0.398 e. The summed E-state index contributed by atoms with van der Waals surface area (Å²) in [5, 5.41) is 8.70. The fourth-order valence-corrected chi connectivity index (χ4v) is 1.20. The molecule has 0 aliphatic rings. The van der Waals surface area contributed by atoms with Gasteiger partial charge in [-0.05, 0) is 12.1 Å². The molecule has 5 heteroatoms. The predicted molar refractivity (Wildman–Crippen MR) is 51.5 cm³/mol. The van der Waals surface area contributed by atoms with E-state index >= 15 is 0 Å². The van der Waals surface area contributed by atoms with E-state index in [0.717, 1.165) is 0 Å². The molecule has 68 valence electrons. The third kappa shape index (κ3) is 1.19. The van der Waals surface area contributed by atoms with Crippen LogP contribution < -0.4 is 11.3 Å². The maximum Gasteiger partial charge on any atom is 0.266 e. The number of nitrogens with zero attached hydrogens (tertiary/aromatic N) is 2. The van der Waals surface area contributed by atoms with Gasteiger partial charge in [0, 0.05) is 0 Å². The minimum atomic E-state index is -0.300. The molecule has 0 bridgehead atoms. The number of nitrogens with two attached hydrogens (primary N) is 1. The van der Waals surface area contributed by atoms with Crippen LogP contribution in [0, 0.1) is 11.3 Å². The number of aromatic nitrogens is 2. The molecule has 2 aromatic rings. The first-order valence-corrected chi connectivity index (χ1v) is 3.89. The Kier molecular flexibility index (Phi) is 1.68. The molecule has 0 radical (unpaired) electrons. The molecule has 1 heterocycles. The van der Waals surface area contributed by atoms with Gasteiger partial charge in [-0.2, -0.15) is 5.26 Å². The highest BCUT2D eigenvalue weighted by atomic mass is 16.1. The van der Waals surface area contributed by atoms with Gasteiger partial charge >= 0.3 is 0 Å². The van der Waals surface area contributed by atoms with E-state index in [1.165, 1.54) is 12.3 Å². The summed E-state index contributed by atoms with van der Waals surface area (Å²) in [6.45, 7) is 0. The molecule has 14 heavy (non-hydrogen) atoms. The van der Waals surface area contributed by atoms with E-state index in [9.17, 15) is 4.79 Å². The van der Waals surface area contributed by atoms with Crippen molar-refractivity contribution < 1.29 is 0 Å². The molecule has 0 spiro atoms. The summed E-state index contributed by atoms with van der Waals surface area (Å²) in [7, 11) is 0. The monoisotopic (exact) mass is 186 g/mol. The van der Waals surface area contributed by atoms with Gasteiger partial charge in [-0.3, -0.25) is 4.79 Å². The first-order chi connectivity index (χ1) is 6.70. The van der Waals surface area contributed by atoms with Crippen molar-refractivity contribution in [2.24, 2.45) is 0 Å². The van der Waals surface area contributed by atoms with Crippen molar-refractivity contribution in [1.29, 1.82) is 5.26 Å². The fourth-order valence-electron chi connectivity index (χ4n) is 1.20. The second kappa shape index (κ2) is 2.85. The van der Waals surface area contributed by atoms with E-state index in [0.29, 0.717) is 22.3 Å². The Morgan fingerprint density at radius 3 is 3.00 bits per heavy atom. The molecule has 5 nitrogen and oxygen atoms in total. The number of fused-ring (bicyclic) bond motifs is 1. The molecule has 0 aliphatic carbocycles. The van der Waals surface area contributed by atoms with Crippen LogP contribution in [0.15, 0.2) is 23.1 Å². The Hall–Kier alpha value is -2.35. The van der Waals surface area contributed by atoms with Gasteiger partial charge in [-0.1, -0.05) is 0 Å². The van der Waals surface area contributed by atoms with Crippen molar-refractivity contribution in [2.45, 2.75) is 0 Å². The number of hydrogen-bond donors (Lipinski definition) is 2. The van der Waals surface area contributed by atoms with E-state index in [-0.39, 0.29) is 5.56 Å². The average molecular weight is 186 g/mol. The number of nitrogens with one attached hydrogen (secondary N) is 1. The molecule has 0 aliphatic heterocycles. The van der Waals surface area contributed by atoms with Crippen molar-refractivity contribution in [3.63, 3.8) is 0 Å². The molecule has 3 N–H and O–H groups in total. The normalized spacial score (nSPS) is 9.93. The van der Waals surface area contributed by atoms with Gasteiger partial charge in [0.2, 0.25) is 0 Å². The second-order valence-electron chi connectivity index (χ2n) is 2.82. The summed E-state index contributed by atoms with van der Waals surface area (Å²) in [5.41, 5.74) is 7.06. The number of nitrogen functional groups attached to an aromatic ring is 1. The highest BCUT2D eigenvalue weighted by Crippen LogP contribution is 2.16. The Morgan fingerprint density at radius 2 is 2.29 bits per heavy atom. The zero-order valence-electron chi connectivity index (χ0n) is 7.11. The van der Waals surface area contributed by atoms with Crippen molar-refractivity contribution in [2.75, 3.05) is 5.73 Å². The zero-order chi connectivity index (χ0) is 10.1. The number of anilines is 1. The Bertz CT molecular complexity index is 594. The van der Waals surface area contributed by atoms with Crippen LogP contribution in [-0.2, 0) is 0 Å². The van der Waals surface area contributed by atoms with E-state index in [2.05, 4.69) is 9.97 Å². The van der Waals surface area contributed by atoms with Gasteiger partial charge in [-0.15, -0.1) is 0 Å². The maximum atomic E-state index is 10.9. The van der Waals surface area contributed by atoms with Crippen LogP contribution in [0.3, 0.4) is 0 Å². The van der Waals surface area contributed by atoms with Crippen molar-refractivity contribution in [3.8, 4) is 6.07 Å². The van der Waals surface area contributed by atoms with Gasteiger partial charge in [-0.25, -0.2) is 4.98 Å². The zero-order valence-corrected chi connectivity index (χ0v) is 7.11. The summed E-state index contributed by atoms with van der Waals surface area (Å²) >= 11 is 0. The van der Waals surface area contributed by atoms with Crippen molar-refractivity contribution in [1.82, 2.24) is 9.97 Å². The standard InChI is InChI=1S/C9H6N4O/c10-3-5-1-8-7(2-6(5)11)12-4-9(14)13-8/h1-2,4H,11H2,(H,13,14). The number of benzene rings is 1. The van der Waals surface area contributed by atoms with Gasteiger partial charge in [0.1, 0.15) is 6.07 Å². The molecule has 0 saturated heterocycles. The van der Waals surface area contributed by atoms with E-state index in [4.69, 9.17) is 11.0 Å². The van der Waals surface area contributed by atoms with Crippen molar-refractivity contribution >= 4 is 16.7 Å². The fraction of sp³-hybridized carbons (Fsp3) is 0. The van der Waals surface area contributed by atoms with Crippen LogP contribution in [0.1, 0.15) is 5.56 Å². The van der Waals surface area contributed by atoms with Gasteiger partial charge in [0.05, 0.1) is 28.5 Å². The highest BCUT2D eigenvalue weighted by Gasteiger charge is 2.02. The van der Waals surface area contributed by atoms with E-state index in [1.54, 1.807) is 6.07 Å². The molecule has 1 aromatic carbocycles. The lowest BCUT2D eigenvalue weighted by Gasteiger charge is -1.99. The lowest BCUT2D eigenvalue weighted by Crippen LogP contribution is -2.05. The Morgan fingerprint density at radius 1 is 1.50 bits per heavy atom. The number of rotatable bonds is 0. The highest BCUT2D eigenvalue weighted by molar-refractivity contribution is 5.81. The summed E-state index contributed by atoms with van der Waals surface area (Å²) < 4.78 is 0. The summed E-state index contributed by atoms with van der Waals surface area (Å²) in [6, 6.07) is 5.00. The van der Waals surface area contributed by atoms with Crippen LogP contribution in [-0.4, -0.2) is 9.97 Å². The van der Waals surface area contributed by atoms with Crippen LogP contribution >= 0.6 is 0 Å². The maximum absolute atomic E-state index is 10.9. The van der Waals surface area contributed by atoms with Gasteiger partial charge in [0.25, 0.3) is 5.56 Å². The van der Waals surface area contributed by atoms with Crippen LogP contribution in [0.25, 0.3) is 11.0 Å². The number of hydrogen-bond acceptors (Lipinski definition) is 4. The summed E-state index contributed by atoms with van der Waals surface area (Å²) in [4.78, 5) is 17.4. The molecular formula is C9H6N4O. The number of H-pyrrole nitrogens is 1. The third-order valence-electron chi connectivity index (χ3n) is 1.87. The van der Waals surface area contributed by atoms with Gasteiger partial charge in [0.15, 0.2) is 0 Å². The first kappa shape index (κ1) is 8.26. The first-order valence-electron chi connectivity index (χ1n) is 3.89. The topological polar surface area (TPSA) is 95.6 Å². The Labute approximate surface area is 78.8 Å². The van der Waals surface area contributed by atoms with Crippen LogP contribution in [0.4, 0.5) is 5.69 Å². The lowest BCUT2D eigenvalue weighted by atomic mass is 10.1. The average Bonchev–Trinajstić information content (AvgIpc) is 2.17. The SMILES string of the molecule is N#Cc1cc2[nH]c(=O)cnc2cc1N. The second-order valence-corrected chi connectivity index (χ2v) is 2.82. The molecule has 2 rings (SSSR count). The largest absolute Gasteiger partial charge is 0.398 e. The van der Waals surface area contributed by atoms with Crippen LogP contribution in [0.5, 0.6) is 0 Å². The smallest absolute Gasteiger partial charge is 0.266 e. The Balaban J connectivity index is 2.88. The predicted octanol–water partition coefficient (Wildman–Crippen LogP) is 0.377. The molecular weight excluding hydrogens is 180 g/mol. The number of nitriles is 1. The molecule has 1 aromatic heterocycles. The molecule has 0 amide bonds. The molecule has 0 saturated carbocycles. The van der Waals surface area contributed by atoms with Crippen LogP contribution in [0.2, 0.25) is 0 Å². The quantitative estimate of drug-likeness (QED) is 0.581. The van der Waals surface area contributed by atoms with E-state index < -0.39 is 0 Å². The van der Waals surface area contributed by atoms with Crippen molar-refractivity contribution in [3.05, 3.63) is 34.2 Å².